The van der Waals surface area contributed by atoms with Gasteiger partial charge in [0.05, 0.1) is 28.8 Å². The van der Waals surface area contributed by atoms with Gasteiger partial charge >= 0.3 is 0 Å². The number of nitrogens with zero attached hydrogens (tertiary/aromatic N) is 2. The summed E-state index contributed by atoms with van der Waals surface area (Å²) in [6.07, 6.45) is 2.61. The van der Waals surface area contributed by atoms with E-state index >= 15 is 0 Å². The standard InChI is InChI=1S/C32H34N4O4S/c1-3-28(30(38)34-24-16-10-21(2)11-17-24)41-32-35-27-9-5-4-8-26(27)31(39)36(32)20-22-12-14-23(15-13-22)29(37)33-19-25-7-6-18-40-25/h4-5,8-17,25,28H,3,6-7,18-20H2,1-2H3,(H,33,37)(H,34,38)/t25-,28+/m0/s1. The lowest BCUT2D eigenvalue weighted by atomic mass is 10.1. The summed E-state index contributed by atoms with van der Waals surface area (Å²) in [4.78, 5) is 44.2. The van der Waals surface area contributed by atoms with Gasteiger partial charge in [0.15, 0.2) is 5.16 Å². The molecule has 1 saturated heterocycles. The fraction of sp³-hybridized carbons (Fsp3) is 0.312. The number of carbonyl (C=O) groups is 2. The fourth-order valence-corrected chi connectivity index (χ4v) is 5.76. The van der Waals surface area contributed by atoms with Gasteiger partial charge in [0.1, 0.15) is 0 Å². The van der Waals surface area contributed by atoms with E-state index in [1.54, 1.807) is 22.8 Å². The normalized spacial score (nSPS) is 15.5. The van der Waals surface area contributed by atoms with Crippen LogP contribution in [0, 0.1) is 6.92 Å². The maximum absolute atomic E-state index is 13.6. The number of rotatable bonds is 10. The van der Waals surface area contributed by atoms with Crippen molar-refractivity contribution in [2.24, 2.45) is 0 Å². The van der Waals surface area contributed by atoms with Crippen molar-refractivity contribution in [1.82, 2.24) is 14.9 Å². The Morgan fingerprint density at radius 1 is 1.07 bits per heavy atom. The number of aromatic nitrogens is 2. The minimum Gasteiger partial charge on any atom is -0.376 e. The molecule has 1 aromatic heterocycles. The SMILES string of the molecule is CC[C@@H](Sc1nc2ccccc2c(=O)n1Cc1ccc(C(=O)NC[C@@H]2CCCO2)cc1)C(=O)Nc1ccc(C)cc1. The van der Waals surface area contributed by atoms with Crippen molar-refractivity contribution in [3.8, 4) is 0 Å². The number of aryl methyl sites for hydroxylation is 1. The molecule has 0 bridgehead atoms. The Kier molecular flexibility index (Phi) is 9.16. The third-order valence-corrected chi connectivity index (χ3v) is 8.48. The molecular weight excluding hydrogens is 536 g/mol. The molecule has 2 N–H and O–H groups in total. The van der Waals surface area contributed by atoms with Gasteiger partial charge in [0, 0.05) is 24.4 Å². The molecule has 3 aromatic carbocycles. The number of anilines is 1. The number of carbonyl (C=O) groups excluding carboxylic acids is 2. The van der Waals surface area contributed by atoms with E-state index in [0.717, 1.165) is 36.3 Å². The summed E-state index contributed by atoms with van der Waals surface area (Å²) >= 11 is 1.28. The first-order chi connectivity index (χ1) is 19.9. The summed E-state index contributed by atoms with van der Waals surface area (Å²) in [5, 5.41) is 6.45. The third kappa shape index (κ3) is 7.04. The summed E-state index contributed by atoms with van der Waals surface area (Å²) in [5.74, 6) is -0.299. The molecular formula is C32H34N4O4S. The maximum Gasteiger partial charge on any atom is 0.262 e. The van der Waals surface area contributed by atoms with Crippen LogP contribution in [0.4, 0.5) is 5.69 Å². The largest absolute Gasteiger partial charge is 0.376 e. The van der Waals surface area contributed by atoms with E-state index in [-0.39, 0.29) is 30.0 Å². The van der Waals surface area contributed by atoms with E-state index in [4.69, 9.17) is 9.72 Å². The second kappa shape index (κ2) is 13.1. The highest BCUT2D eigenvalue weighted by molar-refractivity contribution is 8.00. The molecule has 41 heavy (non-hydrogen) atoms. The fourth-order valence-electron chi connectivity index (χ4n) is 4.74. The quantitative estimate of drug-likeness (QED) is 0.201. The molecule has 9 heteroatoms. The molecule has 0 saturated carbocycles. The first-order valence-corrected chi connectivity index (χ1v) is 14.8. The van der Waals surface area contributed by atoms with E-state index in [1.165, 1.54) is 11.8 Å². The van der Waals surface area contributed by atoms with Gasteiger partial charge in [-0.2, -0.15) is 0 Å². The molecule has 0 unspecified atom stereocenters. The van der Waals surface area contributed by atoms with Crippen molar-refractivity contribution < 1.29 is 14.3 Å². The molecule has 0 radical (unpaired) electrons. The number of fused-ring (bicyclic) bond motifs is 1. The predicted octanol–water partition coefficient (Wildman–Crippen LogP) is 5.17. The zero-order valence-electron chi connectivity index (χ0n) is 23.3. The smallest absolute Gasteiger partial charge is 0.262 e. The van der Waals surface area contributed by atoms with Gasteiger partial charge in [-0.1, -0.05) is 60.6 Å². The number of thioether (sulfide) groups is 1. The van der Waals surface area contributed by atoms with Crippen LogP contribution in [0.1, 0.15) is 47.7 Å². The lowest BCUT2D eigenvalue weighted by molar-refractivity contribution is -0.115. The van der Waals surface area contributed by atoms with Gasteiger partial charge in [-0.15, -0.1) is 0 Å². The van der Waals surface area contributed by atoms with Crippen LogP contribution in [0.25, 0.3) is 10.9 Å². The topological polar surface area (TPSA) is 102 Å². The number of hydrogen-bond acceptors (Lipinski definition) is 6. The molecule has 0 spiro atoms. The Morgan fingerprint density at radius 3 is 2.54 bits per heavy atom. The highest BCUT2D eigenvalue weighted by Gasteiger charge is 2.23. The van der Waals surface area contributed by atoms with Gasteiger partial charge < -0.3 is 15.4 Å². The van der Waals surface area contributed by atoms with Crippen LogP contribution in [0.15, 0.2) is 82.7 Å². The minimum atomic E-state index is -0.453. The van der Waals surface area contributed by atoms with Crippen molar-refractivity contribution in [2.45, 2.75) is 56.2 Å². The first kappa shape index (κ1) is 28.6. The monoisotopic (exact) mass is 570 g/mol. The number of ether oxygens (including phenoxy) is 1. The highest BCUT2D eigenvalue weighted by Crippen LogP contribution is 2.27. The van der Waals surface area contributed by atoms with Crippen molar-refractivity contribution >= 4 is 40.2 Å². The van der Waals surface area contributed by atoms with Crippen LogP contribution < -0.4 is 16.2 Å². The van der Waals surface area contributed by atoms with E-state index in [0.29, 0.717) is 34.6 Å². The molecule has 0 aliphatic carbocycles. The summed E-state index contributed by atoms with van der Waals surface area (Å²) in [7, 11) is 0. The molecule has 212 valence electrons. The van der Waals surface area contributed by atoms with Crippen molar-refractivity contribution in [3.63, 3.8) is 0 Å². The number of amides is 2. The van der Waals surface area contributed by atoms with Crippen LogP contribution >= 0.6 is 11.8 Å². The van der Waals surface area contributed by atoms with Crippen molar-refractivity contribution in [2.75, 3.05) is 18.5 Å². The Morgan fingerprint density at radius 2 is 1.83 bits per heavy atom. The molecule has 2 heterocycles. The summed E-state index contributed by atoms with van der Waals surface area (Å²) in [6.45, 7) is 5.44. The minimum absolute atomic E-state index is 0.0762. The number of benzene rings is 3. The van der Waals surface area contributed by atoms with Crippen molar-refractivity contribution in [3.05, 3.63) is 99.8 Å². The molecule has 2 amide bonds. The van der Waals surface area contributed by atoms with E-state index in [9.17, 15) is 14.4 Å². The maximum atomic E-state index is 13.6. The predicted molar refractivity (Wildman–Crippen MR) is 163 cm³/mol. The summed E-state index contributed by atoms with van der Waals surface area (Å²) in [6, 6.07) is 22.1. The zero-order chi connectivity index (χ0) is 28.8. The molecule has 5 rings (SSSR count). The van der Waals surface area contributed by atoms with E-state index in [1.807, 2.05) is 68.4 Å². The van der Waals surface area contributed by atoms with Gasteiger partial charge in [-0.3, -0.25) is 19.0 Å². The van der Waals surface area contributed by atoms with E-state index < -0.39 is 5.25 Å². The summed E-state index contributed by atoms with van der Waals surface area (Å²) in [5.41, 5.74) is 3.64. The first-order valence-electron chi connectivity index (χ1n) is 13.9. The second-order valence-electron chi connectivity index (χ2n) is 10.2. The second-order valence-corrected chi connectivity index (χ2v) is 11.4. The van der Waals surface area contributed by atoms with Gasteiger partial charge in [-0.05, 0) is 68.1 Å². The Hall–Kier alpha value is -3.95. The van der Waals surface area contributed by atoms with Gasteiger partial charge in [0.25, 0.3) is 11.5 Å². The molecule has 4 aromatic rings. The van der Waals surface area contributed by atoms with Gasteiger partial charge in [0.2, 0.25) is 5.91 Å². The Bertz CT molecular complexity index is 1580. The number of hydrogen-bond donors (Lipinski definition) is 2. The highest BCUT2D eigenvalue weighted by atomic mass is 32.2. The third-order valence-electron chi connectivity index (χ3n) is 7.13. The average molecular weight is 571 g/mol. The Balaban J connectivity index is 1.36. The van der Waals surface area contributed by atoms with Crippen LogP contribution in [-0.2, 0) is 16.1 Å². The average Bonchev–Trinajstić information content (AvgIpc) is 3.52. The molecule has 1 fully saturated rings. The summed E-state index contributed by atoms with van der Waals surface area (Å²) < 4.78 is 7.19. The Labute approximate surface area is 243 Å². The van der Waals surface area contributed by atoms with Crippen LogP contribution in [0.5, 0.6) is 0 Å². The lowest BCUT2D eigenvalue weighted by Crippen LogP contribution is -2.31. The molecule has 1 aliphatic rings. The van der Waals surface area contributed by atoms with Gasteiger partial charge in [-0.25, -0.2) is 4.98 Å². The van der Waals surface area contributed by atoms with Crippen molar-refractivity contribution in [1.29, 1.82) is 0 Å². The van der Waals surface area contributed by atoms with Crippen LogP contribution in [-0.4, -0.2) is 45.9 Å². The number of para-hydroxylation sites is 1. The molecule has 2 atom stereocenters. The van der Waals surface area contributed by atoms with Crippen LogP contribution in [0.2, 0.25) is 0 Å². The van der Waals surface area contributed by atoms with E-state index in [2.05, 4.69) is 10.6 Å². The number of nitrogens with one attached hydrogen (secondary N) is 2. The molecule has 1 aliphatic heterocycles. The van der Waals surface area contributed by atoms with Crippen LogP contribution in [0.3, 0.4) is 0 Å². The molecule has 8 nitrogen and oxygen atoms in total. The lowest BCUT2D eigenvalue weighted by Gasteiger charge is -2.18. The zero-order valence-corrected chi connectivity index (χ0v) is 24.1.